The Bertz CT molecular complexity index is 692. The maximum atomic E-state index is 12.9. The molecule has 2 heterocycles. The fourth-order valence-electron chi connectivity index (χ4n) is 3.58. The summed E-state index contributed by atoms with van der Waals surface area (Å²) in [4.78, 5) is 16.4. The van der Waals surface area contributed by atoms with Gasteiger partial charge in [0.1, 0.15) is 5.75 Å². The smallest absolute Gasteiger partial charge is 0.223 e. The van der Waals surface area contributed by atoms with Crippen molar-refractivity contribution in [3.05, 3.63) is 51.7 Å². The monoisotopic (exact) mass is 357 g/mol. The van der Waals surface area contributed by atoms with E-state index in [0.717, 1.165) is 31.6 Å². The van der Waals surface area contributed by atoms with Crippen LogP contribution < -0.4 is 4.74 Å². The predicted molar refractivity (Wildman–Crippen MR) is 103 cm³/mol. The van der Waals surface area contributed by atoms with E-state index in [1.807, 2.05) is 12.1 Å². The summed E-state index contributed by atoms with van der Waals surface area (Å²) in [5.74, 6) is 1.14. The molecule has 1 aromatic carbocycles. The Balaban J connectivity index is 1.82. The Morgan fingerprint density at radius 2 is 2.00 bits per heavy atom. The molecule has 1 aromatic heterocycles. The molecule has 0 N–H and O–H groups in total. The van der Waals surface area contributed by atoms with Gasteiger partial charge in [-0.05, 0) is 47.5 Å². The lowest BCUT2D eigenvalue weighted by Crippen LogP contribution is -2.40. The van der Waals surface area contributed by atoms with E-state index in [4.69, 9.17) is 4.74 Å². The van der Waals surface area contributed by atoms with Crippen molar-refractivity contribution in [2.75, 3.05) is 13.7 Å². The number of amides is 1. The van der Waals surface area contributed by atoms with Crippen LogP contribution in [-0.2, 0) is 11.2 Å². The average Bonchev–Trinajstić information content (AvgIpc) is 3.13. The van der Waals surface area contributed by atoms with E-state index in [2.05, 4.69) is 35.4 Å². The zero-order valence-corrected chi connectivity index (χ0v) is 16.0. The Kier molecular flexibility index (Phi) is 6.14. The van der Waals surface area contributed by atoms with E-state index >= 15 is 0 Å². The molecule has 2 aromatic rings. The summed E-state index contributed by atoms with van der Waals surface area (Å²) in [6.45, 7) is 3.01. The molecule has 1 atom stereocenters. The minimum atomic E-state index is 0.0413. The van der Waals surface area contributed by atoms with Gasteiger partial charge in [-0.2, -0.15) is 0 Å². The highest BCUT2D eigenvalue weighted by molar-refractivity contribution is 7.10. The summed E-state index contributed by atoms with van der Waals surface area (Å²) in [7, 11) is 1.68. The standard InChI is InChI=1S/C21H27NO2S/c1-3-4-5-6-7-20(23)22-14-12-19-18(13-15-25-19)21(22)16-8-10-17(24-2)11-9-16/h8-11,13,15,21H,3-7,12,14H2,1-2H3/t21-/m1/s1. The summed E-state index contributed by atoms with van der Waals surface area (Å²) >= 11 is 1.81. The number of unbranched alkanes of at least 4 members (excludes halogenated alkanes) is 3. The number of ether oxygens (including phenoxy) is 1. The minimum Gasteiger partial charge on any atom is -0.497 e. The van der Waals surface area contributed by atoms with Crippen molar-refractivity contribution in [2.24, 2.45) is 0 Å². The lowest BCUT2D eigenvalue weighted by molar-refractivity contribution is -0.133. The van der Waals surface area contributed by atoms with Crippen molar-refractivity contribution in [2.45, 2.75) is 51.5 Å². The maximum Gasteiger partial charge on any atom is 0.223 e. The van der Waals surface area contributed by atoms with Crippen molar-refractivity contribution in [1.29, 1.82) is 0 Å². The van der Waals surface area contributed by atoms with Gasteiger partial charge in [-0.1, -0.05) is 38.3 Å². The number of thiophene rings is 1. The number of benzene rings is 1. The van der Waals surface area contributed by atoms with E-state index in [1.165, 1.54) is 28.8 Å². The second-order valence-electron chi connectivity index (χ2n) is 6.62. The van der Waals surface area contributed by atoms with Crippen molar-refractivity contribution in [1.82, 2.24) is 4.90 Å². The number of nitrogens with zero attached hydrogens (tertiary/aromatic N) is 1. The number of hydrogen-bond donors (Lipinski definition) is 0. The highest BCUT2D eigenvalue weighted by Crippen LogP contribution is 2.38. The van der Waals surface area contributed by atoms with Crippen LogP contribution in [-0.4, -0.2) is 24.5 Å². The van der Waals surface area contributed by atoms with Crippen molar-refractivity contribution < 1.29 is 9.53 Å². The zero-order chi connectivity index (χ0) is 17.6. The summed E-state index contributed by atoms with van der Waals surface area (Å²) in [6.07, 6.45) is 6.18. The average molecular weight is 358 g/mol. The molecule has 0 saturated carbocycles. The summed E-state index contributed by atoms with van der Waals surface area (Å²) < 4.78 is 5.28. The second-order valence-corrected chi connectivity index (χ2v) is 7.62. The Labute approximate surface area is 154 Å². The Morgan fingerprint density at radius 3 is 2.72 bits per heavy atom. The van der Waals surface area contributed by atoms with Crippen LogP contribution in [0.2, 0.25) is 0 Å². The first-order valence-electron chi connectivity index (χ1n) is 9.24. The van der Waals surface area contributed by atoms with Gasteiger partial charge in [0, 0.05) is 17.8 Å². The van der Waals surface area contributed by atoms with Crippen LogP contribution in [0.4, 0.5) is 0 Å². The van der Waals surface area contributed by atoms with Crippen LogP contribution in [0.15, 0.2) is 35.7 Å². The van der Waals surface area contributed by atoms with Crippen LogP contribution in [0.25, 0.3) is 0 Å². The van der Waals surface area contributed by atoms with Crippen LogP contribution in [0.5, 0.6) is 5.75 Å². The summed E-state index contributed by atoms with van der Waals surface area (Å²) in [5.41, 5.74) is 2.46. The molecule has 0 aliphatic carbocycles. The van der Waals surface area contributed by atoms with Gasteiger partial charge in [0.15, 0.2) is 0 Å². The highest BCUT2D eigenvalue weighted by Gasteiger charge is 2.32. The fraction of sp³-hybridized carbons (Fsp3) is 0.476. The molecule has 25 heavy (non-hydrogen) atoms. The summed E-state index contributed by atoms with van der Waals surface area (Å²) in [6, 6.07) is 10.4. The highest BCUT2D eigenvalue weighted by atomic mass is 32.1. The number of carbonyl (C=O) groups excluding carboxylic acids is 1. The number of carbonyl (C=O) groups is 1. The van der Waals surface area contributed by atoms with Gasteiger partial charge in [-0.3, -0.25) is 4.79 Å². The van der Waals surface area contributed by atoms with E-state index in [1.54, 1.807) is 18.4 Å². The van der Waals surface area contributed by atoms with Gasteiger partial charge in [0.25, 0.3) is 0 Å². The number of fused-ring (bicyclic) bond motifs is 1. The largest absolute Gasteiger partial charge is 0.497 e. The van der Waals surface area contributed by atoms with Crippen LogP contribution in [0, 0.1) is 0 Å². The zero-order valence-electron chi connectivity index (χ0n) is 15.2. The Morgan fingerprint density at radius 1 is 1.20 bits per heavy atom. The van der Waals surface area contributed by atoms with E-state index in [9.17, 15) is 4.79 Å². The van der Waals surface area contributed by atoms with E-state index in [-0.39, 0.29) is 11.9 Å². The van der Waals surface area contributed by atoms with Crippen LogP contribution in [0.3, 0.4) is 0 Å². The SMILES string of the molecule is CCCCCCC(=O)N1CCc2sccc2[C@H]1c1ccc(OC)cc1. The third-order valence-electron chi connectivity index (χ3n) is 4.96. The topological polar surface area (TPSA) is 29.5 Å². The van der Waals surface area contributed by atoms with Gasteiger partial charge in [-0.15, -0.1) is 11.3 Å². The van der Waals surface area contributed by atoms with Gasteiger partial charge in [-0.25, -0.2) is 0 Å². The molecule has 0 unspecified atom stereocenters. The molecular weight excluding hydrogens is 330 g/mol. The first-order chi connectivity index (χ1) is 12.2. The molecule has 0 bridgehead atoms. The van der Waals surface area contributed by atoms with Gasteiger partial charge in [0.2, 0.25) is 5.91 Å². The van der Waals surface area contributed by atoms with E-state index < -0.39 is 0 Å². The summed E-state index contributed by atoms with van der Waals surface area (Å²) in [5, 5.41) is 2.15. The minimum absolute atomic E-state index is 0.0413. The molecule has 0 saturated heterocycles. The third-order valence-corrected chi connectivity index (χ3v) is 5.96. The lowest BCUT2D eigenvalue weighted by Gasteiger charge is -2.36. The number of rotatable bonds is 7. The first kappa shape index (κ1) is 18.0. The molecular formula is C21H27NO2S. The number of hydrogen-bond acceptors (Lipinski definition) is 3. The van der Waals surface area contributed by atoms with Gasteiger partial charge in [0.05, 0.1) is 13.2 Å². The van der Waals surface area contributed by atoms with Gasteiger partial charge < -0.3 is 9.64 Å². The maximum absolute atomic E-state index is 12.9. The molecule has 0 fully saturated rings. The molecule has 3 nitrogen and oxygen atoms in total. The van der Waals surface area contributed by atoms with Crippen molar-refractivity contribution in [3.8, 4) is 5.75 Å². The van der Waals surface area contributed by atoms with Crippen molar-refractivity contribution >= 4 is 17.2 Å². The molecule has 1 aliphatic rings. The molecule has 1 amide bonds. The first-order valence-corrected chi connectivity index (χ1v) is 10.1. The molecule has 1 aliphatic heterocycles. The van der Waals surface area contributed by atoms with Crippen LogP contribution in [0.1, 0.15) is 61.1 Å². The molecule has 3 rings (SSSR count). The normalized spacial score (nSPS) is 16.6. The third kappa shape index (κ3) is 4.06. The quantitative estimate of drug-likeness (QED) is 0.637. The molecule has 0 spiro atoms. The van der Waals surface area contributed by atoms with Crippen LogP contribution >= 0.6 is 11.3 Å². The van der Waals surface area contributed by atoms with E-state index in [0.29, 0.717) is 6.42 Å². The number of methoxy groups -OCH3 is 1. The molecule has 4 heteroatoms. The predicted octanol–water partition coefficient (Wildman–Crippen LogP) is 5.20. The Hall–Kier alpha value is -1.81. The molecule has 0 radical (unpaired) electrons. The van der Waals surface area contributed by atoms with Crippen molar-refractivity contribution in [3.63, 3.8) is 0 Å². The second kappa shape index (κ2) is 8.52. The molecule has 134 valence electrons. The lowest BCUT2D eigenvalue weighted by atomic mass is 9.92. The fourth-order valence-corrected chi connectivity index (χ4v) is 4.48. The van der Waals surface area contributed by atoms with Gasteiger partial charge >= 0.3 is 0 Å².